The fraction of sp³-hybridized carbons (Fsp3) is 0.250. The Morgan fingerprint density at radius 3 is 2.77 bits per heavy atom. The van der Waals surface area contributed by atoms with Crippen LogP contribution in [-0.2, 0) is 4.74 Å². The molecule has 0 amide bonds. The van der Waals surface area contributed by atoms with Crippen LogP contribution in [0.4, 0.5) is 0 Å². The highest BCUT2D eigenvalue weighted by Crippen LogP contribution is 2.11. The predicted molar refractivity (Wildman–Crippen MR) is 49.2 cm³/mol. The molecule has 0 unspecified atom stereocenters. The highest BCUT2D eigenvalue weighted by molar-refractivity contribution is 9.10. The van der Waals surface area contributed by atoms with Crippen LogP contribution in [0, 0.1) is 12.1 Å². The molecule has 0 N–H and O–H groups in total. The monoisotopic (exact) mass is 245 g/mol. The first-order valence-electron chi connectivity index (χ1n) is 3.54. The van der Waals surface area contributed by atoms with E-state index in [0.717, 1.165) is 0 Å². The van der Waals surface area contributed by atoms with Crippen molar-refractivity contribution in [3.05, 3.63) is 33.2 Å². The average Bonchev–Trinajstić information content (AvgIpc) is 2.02. The van der Waals surface area contributed by atoms with Crippen molar-refractivity contribution >= 4 is 21.9 Å². The number of methoxy groups -OCH3 is 1. The molecule has 0 atom stereocenters. The Hall–Kier alpha value is -1.10. The highest BCUT2D eigenvalue weighted by atomic mass is 79.9. The van der Waals surface area contributed by atoms with Crippen LogP contribution in [0.25, 0.3) is 0 Å². The van der Waals surface area contributed by atoms with Crippen LogP contribution in [0.5, 0.6) is 0 Å². The van der Waals surface area contributed by atoms with E-state index in [1.807, 2.05) is 0 Å². The third kappa shape index (κ3) is 1.98. The van der Waals surface area contributed by atoms with Gasteiger partial charge in [-0.15, -0.1) is 0 Å². The predicted octanol–water partition coefficient (Wildman–Crippen LogP) is 1.18. The number of nitrogens with zero attached hydrogens (tertiary/aromatic N) is 1. The molecule has 1 aromatic rings. The maximum Gasteiger partial charge on any atom is 0.405 e. The van der Waals surface area contributed by atoms with Gasteiger partial charge in [-0.25, -0.2) is 4.79 Å². The molecule has 0 saturated carbocycles. The van der Waals surface area contributed by atoms with Gasteiger partial charge in [0.15, 0.2) is 6.20 Å². The van der Waals surface area contributed by atoms with Crippen molar-refractivity contribution in [1.82, 2.24) is 0 Å². The van der Waals surface area contributed by atoms with Gasteiger partial charge in [0, 0.05) is 5.56 Å². The zero-order chi connectivity index (χ0) is 10.0. The summed E-state index contributed by atoms with van der Waals surface area (Å²) in [5.41, 5.74) is 0.599. The Morgan fingerprint density at radius 2 is 2.31 bits per heavy atom. The van der Waals surface area contributed by atoms with E-state index >= 15 is 0 Å². The number of hydrogen-bond donors (Lipinski definition) is 0. The van der Waals surface area contributed by atoms with Gasteiger partial charge in [-0.2, -0.15) is 4.73 Å². The van der Waals surface area contributed by atoms with Gasteiger partial charge >= 0.3 is 11.7 Å². The minimum atomic E-state index is -0.625. The molecule has 4 nitrogen and oxygen atoms in total. The zero-order valence-electron chi connectivity index (χ0n) is 7.20. The first-order chi connectivity index (χ1) is 6.06. The van der Waals surface area contributed by atoms with Crippen molar-refractivity contribution in [3.63, 3.8) is 0 Å². The molecule has 0 aromatic carbocycles. The second kappa shape index (κ2) is 3.74. The largest absolute Gasteiger partial charge is 0.618 e. The SMILES string of the molecule is COC(=O)c1c(C)cc(Br)c[n+]1[O-]. The first kappa shape index (κ1) is 9.98. The summed E-state index contributed by atoms with van der Waals surface area (Å²) in [5, 5.41) is 11.2. The summed E-state index contributed by atoms with van der Waals surface area (Å²) in [7, 11) is 1.24. The highest BCUT2D eigenvalue weighted by Gasteiger charge is 2.20. The summed E-state index contributed by atoms with van der Waals surface area (Å²) in [4.78, 5) is 11.1. The summed E-state index contributed by atoms with van der Waals surface area (Å²) >= 11 is 3.15. The molecule has 0 saturated heterocycles. The van der Waals surface area contributed by atoms with Crippen molar-refractivity contribution in [1.29, 1.82) is 0 Å². The lowest BCUT2D eigenvalue weighted by molar-refractivity contribution is -0.609. The Bertz CT molecular complexity index is 328. The quantitative estimate of drug-likeness (QED) is 0.424. The van der Waals surface area contributed by atoms with Gasteiger partial charge in [-0.1, -0.05) is 0 Å². The van der Waals surface area contributed by atoms with Crippen LogP contribution in [0.15, 0.2) is 16.7 Å². The number of pyridine rings is 1. The molecule has 0 aliphatic rings. The van der Waals surface area contributed by atoms with E-state index in [1.165, 1.54) is 13.3 Å². The lowest BCUT2D eigenvalue weighted by Gasteiger charge is -2.05. The number of carbonyl (C=O) groups excluding carboxylic acids is 1. The van der Waals surface area contributed by atoms with Crippen molar-refractivity contribution < 1.29 is 14.3 Å². The molecule has 0 spiro atoms. The Morgan fingerprint density at radius 1 is 1.69 bits per heavy atom. The molecular formula is C8H8BrNO3. The molecule has 5 heteroatoms. The molecule has 70 valence electrons. The average molecular weight is 246 g/mol. The van der Waals surface area contributed by atoms with Crippen molar-refractivity contribution in [3.8, 4) is 0 Å². The number of esters is 1. The summed E-state index contributed by atoms with van der Waals surface area (Å²) < 4.78 is 5.59. The summed E-state index contributed by atoms with van der Waals surface area (Å²) in [6.07, 6.45) is 1.26. The van der Waals surface area contributed by atoms with Gasteiger partial charge in [0.1, 0.15) is 0 Å². The van der Waals surface area contributed by atoms with E-state index in [1.54, 1.807) is 13.0 Å². The molecule has 0 aliphatic heterocycles. The van der Waals surface area contributed by atoms with Crippen LogP contribution in [0.2, 0.25) is 0 Å². The number of carbonyl (C=O) groups is 1. The first-order valence-corrected chi connectivity index (χ1v) is 4.33. The van der Waals surface area contributed by atoms with Crippen molar-refractivity contribution in [2.75, 3.05) is 7.11 Å². The lowest BCUT2D eigenvalue weighted by Crippen LogP contribution is -2.36. The molecule has 0 aliphatic carbocycles. The fourth-order valence-electron chi connectivity index (χ4n) is 1.01. The molecule has 1 rings (SSSR count). The Kier molecular flexibility index (Phi) is 2.87. The lowest BCUT2D eigenvalue weighted by atomic mass is 10.2. The third-order valence-corrected chi connectivity index (χ3v) is 2.00. The van der Waals surface area contributed by atoms with E-state index in [2.05, 4.69) is 20.7 Å². The molecule has 0 fully saturated rings. The topological polar surface area (TPSA) is 53.2 Å². The van der Waals surface area contributed by atoms with Gasteiger partial charge in [0.05, 0.1) is 11.6 Å². The standard InChI is InChI=1S/C8H8BrNO3/c1-5-3-6(9)4-10(12)7(5)8(11)13-2/h3-4H,1-2H3. The number of rotatable bonds is 1. The zero-order valence-corrected chi connectivity index (χ0v) is 8.79. The number of aryl methyl sites for hydroxylation is 1. The number of ether oxygens (including phenoxy) is 1. The summed E-state index contributed by atoms with van der Waals surface area (Å²) in [6.45, 7) is 1.67. The van der Waals surface area contributed by atoms with Crippen LogP contribution < -0.4 is 4.73 Å². The van der Waals surface area contributed by atoms with Crippen LogP contribution in [-0.4, -0.2) is 13.1 Å². The molecule has 0 radical (unpaired) electrons. The molecule has 1 heterocycles. The minimum absolute atomic E-state index is 0.0192. The van der Waals surface area contributed by atoms with E-state index in [4.69, 9.17) is 0 Å². The minimum Gasteiger partial charge on any atom is -0.618 e. The van der Waals surface area contributed by atoms with Gasteiger partial charge in [0.2, 0.25) is 0 Å². The van der Waals surface area contributed by atoms with E-state index in [0.29, 0.717) is 14.8 Å². The summed E-state index contributed by atoms with van der Waals surface area (Å²) in [5.74, 6) is -0.625. The van der Waals surface area contributed by atoms with E-state index in [9.17, 15) is 10.0 Å². The molecule has 13 heavy (non-hydrogen) atoms. The molecule has 1 aromatic heterocycles. The van der Waals surface area contributed by atoms with Crippen LogP contribution in [0.3, 0.4) is 0 Å². The van der Waals surface area contributed by atoms with Gasteiger partial charge in [0.25, 0.3) is 0 Å². The fourth-order valence-corrected chi connectivity index (χ4v) is 1.54. The van der Waals surface area contributed by atoms with Gasteiger partial charge in [-0.05, 0) is 28.9 Å². The maximum atomic E-state index is 11.2. The molecular weight excluding hydrogens is 238 g/mol. The summed E-state index contributed by atoms with van der Waals surface area (Å²) in [6, 6.07) is 1.68. The second-order valence-corrected chi connectivity index (χ2v) is 3.42. The third-order valence-electron chi connectivity index (χ3n) is 1.57. The van der Waals surface area contributed by atoms with E-state index < -0.39 is 5.97 Å². The number of hydrogen-bond acceptors (Lipinski definition) is 3. The Labute approximate surface area is 83.8 Å². The van der Waals surface area contributed by atoms with Crippen LogP contribution in [0.1, 0.15) is 16.1 Å². The van der Waals surface area contributed by atoms with Gasteiger partial charge in [-0.3, -0.25) is 0 Å². The second-order valence-electron chi connectivity index (χ2n) is 2.51. The van der Waals surface area contributed by atoms with Crippen molar-refractivity contribution in [2.24, 2.45) is 0 Å². The maximum absolute atomic E-state index is 11.2. The molecule has 0 bridgehead atoms. The van der Waals surface area contributed by atoms with E-state index in [-0.39, 0.29) is 5.69 Å². The number of halogens is 1. The van der Waals surface area contributed by atoms with Crippen LogP contribution >= 0.6 is 15.9 Å². The smallest absolute Gasteiger partial charge is 0.405 e. The van der Waals surface area contributed by atoms with Crippen molar-refractivity contribution in [2.45, 2.75) is 6.92 Å². The number of aromatic nitrogens is 1. The van der Waals surface area contributed by atoms with Gasteiger partial charge < -0.3 is 9.94 Å². The normalized spacial score (nSPS) is 9.77. The Balaban J connectivity index is 3.28.